The zero-order valence-electron chi connectivity index (χ0n) is 9.71. The van der Waals surface area contributed by atoms with Gasteiger partial charge in [0.1, 0.15) is 0 Å². The molecule has 0 aromatic rings. The Bertz CT molecular complexity index is 141. The van der Waals surface area contributed by atoms with Gasteiger partial charge in [0.15, 0.2) is 0 Å². The second kappa shape index (κ2) is 6.41. The van der Waals surface area contributed by atoms with Crippen molar-refractivity contribution < 1.29 is 5.11 Å². The predicted molar refractivity (Wildman–Crippen MR) is 60.4 cm³/mol. The molecule has 1 unspecified atom stereocenters. The predicted octanol–water partition coefficient (Wildman–Crippen LogP) is 2.27. The summed E-state index contributed by atoms with van der Waals surface area (Å²) in [6.07, 6.45) is 8.33. The normalized spacial score (nSPS) is 22.3. The van der Waals surface area contributed by atoms with E-state index in [2.05, 4.69) is 18.9 Å². The van der Waals surface area contributed by atoms with Gasteiger partial charge in [-0.25, -0.2) is 0 Å². The molecule has 1 atom stereocenters. The van der Waals surface area contributed by atoms with Crippen molar-refractivity contribution >= 4 is 0 Å². The van der Waals surface area contributed by atoms with Crippen LogP contribution in [0.1, 0.15) is 45.4 Å². The number of hydrogen-bond donors (Lipinski definition) is 1. The van der Waals surface area contributed by atoms with Gasteiger partial charge < -0.3 is 10.0 Å². The largest absolute Gasteiger partial charge is 0.396 e. The van der Waals surface area contributed by atoms with Crippen molar-refractivity contribution in [3.8, 4) is 0 Å². The lowest BCUT2D eigenvalue weighted by Gasteiger charge is -2.28. The standard InChI is InChI=1S/C12H25NO/c1-11(10-14)9-13(2)12-7-5-3-4-6-8-12/h11-12,14H,3-10H2,1-2H3. The first-order chi connectivity index (χ1) is 6.74. The van der Waals surface area contributed by atoms with Crippen LogP contribution in [0.5, 0.6) is 0 Å². The van der Waals surface area contributed by atoms with Crippen LogP contribution in [0.2, 0.25) is 0 Å². The second-order valence-corrected chi connectivity index (χ2v) is 4.87. The highest BCUT2D eigenvalue weighted by Crippen LogP contribution is 2.21. The Kier molecular flexibility index (Phi) is 5.49. The van der Waals surface area contributed by atoms with E-state index in [0.717, 1.165) is 12.6 Å². The smallest absolute Gasteiger partial charge is 0.0468 e. The average molecular weight is 199 g/mol. The zero-order chi connectivity index (χ0) is 10.4. The highest BCUT2D eigenvalue weighted by molar-refractivity contribution is 4.73. The van der Waals surface area contributed by atoms with Crippen LogP contribution in [0.3, 0.4) is 0 Å². The number of hydrogen-bond acceptors (Lipinski definition) is 2. The molecule has 2 heteroatoms. The number of rotatable bonds is 4. The van der Waals surface area contributed by atoms with Crippen molar-refractivity contribution in [2.75, 3.05) is 20.2 Å². The van der Waals surface area contributed by atoms with Crippen LogP contribution in [0.25, 0.3) is 0 Å². The molecule has 2 nitrogen and oxygen atoms in total. The molecule has 0 spiro atoms. The molecule has 0 aromatic heterocycles. The minimum atomic E-state index is 0.317. The van der Waals surface area contributed by atoms with E-state index in [9.17, 15) is 0 Å². The Morgan fingerprint density at radius 1 is 1.21 bits per heavy atom. The highest BCUT2D eigenvalue weighted by Gasteiger charge is 2.17. The van der Waals surface area contributed by atoms with Crippen LogP contribution >= 0.6 is 0 Å². The Labute approximate surface area is 88.3 Å². The van der Waals surface area contributed by atoms with Crippen LogP contribution in [0, 0.1) is 5.92 Å². The van der Waals surface area contributed by atoms with E-state index < -0.39 is 0 Å². The van der Waals surface area contributed by atoms with E-state index in [1.807, 2.05) is 0 Å². The molecule has 0 aliphatic heterocycles. The van der Waals surface area contributed by atoms with E-state index in [1.54, 1.807) is 0 Å². The summed E-state index contributed by atoms with van der Waals surface area (Å²) in [6, 6.07) is 0.770. The fourth-order valence-corrected chi connectivity index (χ4v) is 2.40. The summed E-state index contributed by atoms with van der Waals surface area (Å²) < 4.78 is 0. The van der Waals surface area contributed by atoms with Gasteiger partial charge in [-0.2, -0.15) is 0 Å². The van der Waals surface area contributed by atoms with E-state index in [4.69, 9.17) is 5.11 Å². The van der Waals surface area contributed by atoms with Gasteiger partial charge in [-0.3, -0.25) is 0 Å². The third-order valence-electron chi connectivity index (χ3n) is 3.36. The lowest BCUT2D eigenvalue weighted by Crippen LogP contribution is -2.35. The summed E-state index contributed by atoms with van der Waals surface area (Å²) in [5.41, 5.74) is 0. The van der Waals surface area contributed by atoms with Gasteiger partial charge in [0.25, 0.3) is 0 Å². The number of nitrogens with zero attached hydrogens (tertiary/aromatic N) is 1. The summed E-state index contributed by atoms with van der Waals surface area (Å²) in [5.74, 6) is 0.420. The number of aliphatic hydroxyl groups is 1. The van der Waals surface area contributed by atoms with Crippen LogP contribution in [-0.2, 0) is 0 Å². The van der Waals surface area contributed by atoms with E-state index >= 15 is 0 Å². The van der Waals surface area contributed by atoms with Gasteiger partial charge in [0.05, 0.1) is 0 Å². The SMILES string of the molecule is CC(CO)CN(C)C1CCCCCC1. The van der Waals surface area contributed by atoms with Crippen molar-refractivity contribution in [3.63, 3.8) is 0 Å². The van der Waals surface area contributed by atoms with Gasteiger partial charge in [0, 0.05) is 19.2 Å². The lowest BCUT2D eigenvalue weighted by molar-refractivity contribution is 0.152. The van der Waals surface area contributed by atoms with E-state index in [-0.39, 0.29) is 0 Å². The maximum atomic E-state index is 9.01. The van der Waals surface area contributed by atoms with Gasteiger partial charge in [-0.15, -0.1) is 0 Å². The summed E-state index contributed by atoms with van der Waals surface area (Å²) >= 11 is 0. The quantitative estimate of drug-likeness (QED) is 0.702. The number of aliphatic hydroxyl groups excluding tert-OH is 1. The maximum absolute atomic E-state index is 9.01. The molecule has 0 heterocycles. The molecule has 84 valence electrons. The molecule has 1 saturated carbocycles. The van der Waals surface area contributed by atoms with Crippen molar-refractivity contribution in [3.05, 3.63) is 0 Å². The van der Waals surface area contributed by atoms with Crippen molar-refractivity contribution in [2.24, 2.45) is 5.92 Å². The van der Waals surface area contributed by atoms with Gasteiger partial charge in [-0.1, -0.05) is 32.6 Å². The molecule has 1 aliphatic rings. The third-order valence-corrected chi connectivity index (χ3v) is 3.36. The van der Waals surface area contributed by atoms with Crippen LogP contribution < -0.4 is 0 Å². The topological polar surface area (TPSA) is 23.5 Å². The van der Waals surface area contributed by atoms with Crippen LogP contribution in [0.4, 0.5) is 0 Å². The molecule has 1 N–H and O–H groups in total. The van der Waals surface area contributed by atoms with Crippen LogP contribution in [-0.4, -0.2) is 36.2 Å². The zero-order valence-corrected chi connectivity index (χ0v) is 9.71. The third kappa shape index (κ3) is 3.97. The van der Waals surface area contributed by atoms with E-state index in [0.29, 0.717) is 12.5 Å². The van der Waals surface area contributed by atoms with Crippen LogP contribution in [0.15, 0.2) is 0 Å². The second-order valence-electron chi connectivity index (χ2n) is 4.87. The molecule has 1 aliphatic carbocycles. The molecule has 0 aromatic carbocycles. The molecular formula is C12H25NO. The Morgan fingerprint density at radius 2 is 1.79 bits per heavy atom. The summed E-state index contributed by atoms with van der Waals surface area (Å²) in [4.78, 5) is 2.45. The van der Waals surface area contributed by atoms with Gasteiger partial charge >= 0.3 is 0 Å². The minimum Gasteiger partial charge on any atom is -0.396 e. The van der Waals surface area contributed by atoms with Crippen molar-refractivity contribution in [1.82, 2.24) is 4.90 Å². The molecular weight excluding hydrogens is 174 g/mol. The minimum absolute atomic E-state index is 0.317. The lowest BCUT2D eigenvalue weighted by atomic mass is 10.1. The highest BCUT2D eigenvalue weighted by atomic mass is 16.3. The molecule has 0 radical (unpaired) electrons. The molecule has 1 fully saturated rings. The first kappa shape index (κ1) is 12.0. The van der Waals surface area contributed by atoms with Crippen molar-refractivity contribution in [1.29, 1.82) is 0 Å². The molecule has 0 saturated heterocycles. The Balaban J connectivity index is 2.30. The van der Waals surface area contributed by atoms with Gasteiger partial charge in [-0.05, 0) is 25.8 Å². The Hall–Kier alpha value is -0.0800. The Morgan fingerprint density at radius 3 is 2.29 bits per heavy atom. The van der Waals surface area contributed by atoms with Gasteiger partial charge in [0.2, 0.25) is 0 Å². The molecule has 14 heavy (non-hydrogen) atoms. The average Bonchev–Trinajstić information content (AvgIpc) is 2.45. The fourth-order valence-electron chi connectivity index (χ4n) is 2.40. The molecule has 0 bridgehead atoms. The van der Waals surface area contributed by atoms with E-state index in [1.165, 1.54) is 38.5 Å². The van der Waals surface area contributed by atoms with Crippen molar-refractivity contribution in [2.45, 2.75) is 51.5 Å². The summed E-state index contributed by atoms with van der Waals surface area (Å²) in [6.45, 7) is 3.48. The fraction of sp³-hybridized carbons (Fsp3) is 1.00. The first-order valence-corrected chi connectivity index (χ1v) is 6.05. The first-order valence-electron chi connectivity index (χ1n) is 6.05. The maximum Gasteiger partial charge on any atom is 0.0468 e. The molecule has 1 rings (SSSR count). The molecule has 0 amide bonds. The monoisotopic (exact) mass is 199 g/mol. The summed E-state index contributed by atoms with van der Waals surface area (Å²) in [5, 5.41) is 9.01. The summed E-state index contributed by atoms with van der Waals surface area (Å²) in [7, 11) is 2.21.